The quantitative estimate of drug-likeness (QED) is 0.859. The molecule has 2 rings (SSSR count). The molecule has 0 bridgehead atoms. The van der Waals surface area contributed by atoms with Crippen LogP contribution in [0.1, 0.15) is 0 Å². The van der Waals surface area contributed by atoms with Crippen molar-refractivity contribution in [2.45, 2.75) is 4.90 Å². The van der Waals surface area contributed by atoms with Gasteiger partial charge in [-0.25, -0.2) is 8.42 Å². The van der Waals surface area contributed by atoms with Crippen LogP contribution in [0.5, 0.6) is 0 Å². The van der Waals surface area contributed by atoms with Gasteiger partial charge in [-0.1, -0.05) is 17.7 Å². The lowest BCUT2D eigenvalue weighted by Crippen LogP contribution is -2.01. The van der Waals surface area contributed by atoms with E-state index in [1.807, 2.05) is 6.07 Å². The van der Waals surface area contributed by atoms with Crippen LogP contribution in [0.4, 0.5) is 5.69 Å². The Bertz CT molecular complexity index is 685. The first kappa shape index (κ1) is 12.9. The predicted octanol–water partition coefficient (Wildman–Crippen LogP) is 2.39. The average molecular weight is 283 g/mol. The Labute approximate surface area is 110 Å². The molecule has 0 atom stereocenters. The fraction of sp³-hybridized carbons (Fsp3) is 0.0833. The van der Waals surface area contributed by atoms with Crippen LogP contribution in [0.3, 0.4) is 0 Å². The van der Waals surface area contributed by atoms with E-state index in [1.54, 1.807) is 18.3 Å². The van der Waals surface area contributed by atoms with Gasteiger partial charge >= 0.3 is 0 Å². The minimum absolute atomic E-state index is 0.0290. The molecular formula is C12H11ClN2O2S. The molecule has 2 N–H and O–H groups in total. The van der Waals surface area contributed by atoms with Crippen molar-refractivity contribution in [2.24, 2.45) is 0 Å². The standard InChI is InChI=1S/C12H11ClN2O2S/c1-18(16,17)12-7-10(14)8(6-9(12)13)11-4-2-3-5-15-11/h2-7H,14H2,1H3. The lowest BCUT2D eigenvalue weighted by atomic mass is 10.1. The Morgan fingerprint density at radius 3 is 2.56 bits per heavy atom. The highest BCUT2D eigenvalue weighted by molar-refractivity contribution is 7.90. The Balaban J connectivity index is 2.65. The number of rotatable bonds is 2. The molecule has 0 aliphatic heterocycles. The molecule has 0 saturated carbocycles. The van der Waals surface area contributed by atoms with Gasteiger partial charge in [-0.15, -0.1) is 0 Å². The van der Waals surface area contributed by atoms with Crippen LogP contribution in [-0.4, -0.2) is 19.7 Å². The summed E-state index contributed by atoms with van der Waals surface area (Å²) in [5.74, 6) is 0. The number of nitrogens with zero attached hydrogens (tertiary/aromatic N) is 1. The number of pyridine rings is 1. The molecular weight excluding hydrogens is 272 g/mol. The van der Waals surface area contributed by atoms with E-state index >= 15 is 0 Å². The zero-order chi connectivity index (χ0) is 13.3. The summed E-state index contributed by atoms with van der Waals surface area (Å²) in [7, 11) is -3.39. The van der Waals surface area contributed by atoms with Crippen LogP contribution >= 0.6 is 11.6 Å². The second kappa shape index (κ2) is 4.59. The van der Waals surface area contributed by atoms with Crippen molar-refractivity contribution in [3.8, 4) is 11.3 Å². The summed E-state index contributed by atoms with van der Waals surface area (Å²) in [6, 6.07) is 8.27. The number of nitrogens with two attached hydrogens (primary N) is 1. The molecule has 4 nitrogen and oxygen atoms in total. The van der Waals surface area contributed by atoms with Gasteiger partial charge in [0.2, 0.25) is 0 Å². The molecule has 6 heteroatoms. The number of aromatic nitrogens is 1. The van der Waals surface area contributed by atoms with Crippen molar-refractivity contribution in [3.63, 3.8) is 0 Å². The number of halogens is 1. The first-order valence-electron chi connectivity index (χ1n) is 5.10. The van der Waals surface area contributed by atoms with Crippen molar-refractivity contribution in [2.75, 3.05) is 12.0 Å². The molecule has 0 spiro atoms. The minimum Gasteiger partial charge on any atom is -0.398 e. The molecule has 0 aliphatic carbocycles. The summed E-state index contributed by atoms with van der Waals surface area (Å²) in [5.41, 5.74) is 7.46. The second-order valence-corrected chi connectivity index (χ2v) is 6.25. The van der Waals surface area contributed by atoms with E-state index in [4.69, 9.17) is 17.3 Å². The third kappa shape index (κ3) is 2.47. The molecule has 18 heavy (non-hydrogen) atoms. The van der Waals surface area contributed by atoms with Gasteiger partial charge in [-0.2, -0.15) is 0 Å². The summed E-state index contributed by atoms with van der Waals surface area (Å²) in [6.07, 6.45) is 2.72. The highest BCUT2D eigenvalue weighted by Gasteiger charge is 2.16. The van der Waals surface area contributed by atoms with Crippen molar-refractivity contribution in [3.05, 3.63) is 41.6 Å². The molecule has 0 fully saturated rings. The van der Waals surface area contributed by atoms with Crippen LogP contribution in [-0.2, 0) is 9.84 Å². The van der Waals surface area contributed by atoms with Gasteiger partial charge in [-0.3, -0.25) is 4.98 Å². The predicted molar refractivity (Wildman–Crippen MR) is 72.2 cm³/mol. The van der Waals surface area contributed by atoms with Gasteiger partial charge in [0, 0.05) is 23.7 Å². The maximum Gasteiger partial charge on any atom is 0.177 e. The largest absolute Gasteiger partial charge is 0.398 e. The third-order valence-corrected chi connectivity index (χ3v) is 4.01. The number of benzene rings is 1. The zero-order valence-electron chi connectivity index (χ0n) is 9.59. The lowest BCUT2D eigenvalue weighted by molar-refractivity contribution is 0.602. The van der Waals surface area contributed by atoms with Crippen LogP contribution in [0, 0.1) is 0 Å². The molecule has 0 unspecified atom stereocenters. The number of nitrogen functional groups attached to an aromatic ring is 1. The highest BCUT2D eigenvalue weighted by Crippen LogP contribution is 2.32. The monoisotopic (exact) mass is 282 g/mol. The van der Waals surface area contributed by atoms with Gasteiger partial charge in [0.1, 0.15) is 0 Å². The molecule has 0 radical (unpaired) electrons. The average Bonchev–Trinajstić information content (AvgIpc) is 2.31. The number of anilines is 1. The summed E-state index contributed by atoms with van der Waals surface area (Å²) in [5, 5.41) is 0.146. The van der Waals surface area contributed by atoms with E-state index in [2.05, 4.69) is 4.98 Å². The Hall–Kier alpha value is -1.59. The highest BCUT2D eigenvalue weighted by atomic mass is 35.5. The number of hydrogen-bond donors (Lipinski definition) is 1. The van der Waals surface area contributed by atoms with Crippen LogP contribution < -0.4 is 5.73 Å². The smallest absolute Gasteiger partial charge is 0.177 e. The van der Waals surface area contributed by atoms with Gasteiger partial charge in [0.05, 0.1) is 15.6 Å². The summed E-state index contributed by atoms with van der Waals surface area (Å²) < 4.78 is 23.0. The molecule has 2 aromatic rings. The fourth-order valence-electron chi connectivity index (χ4n) is 1.60. The maximum absolute atomic E-state index is 11.5. The van der Waals surface area contributed by atoms with E-state index < -0.39 is 9.84 Å². The van der Waals surface area contributed by atoms with Crippen molar-refractivity contribution < 1.29 is 8.42 Å². The lowest BCUT2D eigenvalue weighted by Gasteiger charge is -2.09. The van der Waals surface area contributed by atoms with Crippen LogP contribution in [0.25, 0.3) is 11.3 Å². The van der Waals surface area contributed by atoms with E-state index in [0.717, 1.165) is 6.26 Å². The SMILES string of the molecule is CS(=O)(=O)c1cc(N)c(-c2ccccn2)cc1Cl. The van der Waals surface area contributed by atoms with Gasteiger partial charge in [-0.05, 0) is 24.3 Å². The van der Waals surface area contributed by atoms with E-state index in [0.29, 0.717) is 16.9 Å². The topological polar surface area (TPSA) is 73.0 Å². The van der Waals surface area contributed by atoms with Gasteiger partial charge in [0.25, 0.3) is 0 Å². The maximum atomic E-state index is 11.5. The molecule has 1 aromatic heterocycles. The summed E-state index contributed by atoms with van der Waals surface area (Å²) >= 11 is 5.97. The Morgan fingerprint density at radius 2 is 2.00 bits per heavy atom. The third-order valence-electron chi connectivity index (χ3n) is 2.44. The molecule has 94 valence electrons. The first-order valence-corrected chi connectivity index (χ1v) is 7.37. The second-order valence-electron chi connectivity index (χ2n) is 3.86. The van der Waals surface area contributed by atoms with Crippen molar-refractivity contribution in [1.82, 2.24) is 4.98 Å². The zero-order valence-corrected chi connectivity index (χ0v) is 11.2. The number of hydrogen-bond acceptors (Lipinski definition) is 4. The molecule has 1 heterocycles. The Kier molecular flexibility index (Phi) is 3.28. The molecule has 0 amide bonds. The van der Waals surface area contributed by atoms with Crippen molar-refractivity contribution in [1.29, 1.82) is 0 Å². The van der Waals surface area contributed by atoms with E-state index in [-0.39, 0.29) is 9.92 Å². The van der Waals surface area contributed by atoms with Crippen LogP contribution in [0.15, 0.2) is 41.4 Å². The fourth-order valence-corrected chi connectivity index (χ4v) is 2.94. The molecule has 0 saturated heterocycles. The first-order chi connectivity index (χ1) is 8.39. The summed E-state index contributed by atoms with van der Waals surface area (Å²) in [6.45, 7) is 0. The molecule has 1 aromatic carbocycles. The van der Waals surface area contributed by atoms with Gasteiger partial charge < -0.3 is 5.73 Å². The van der Waals surface area contributed by atoms with Gasteiger partial charge in [0.15, 0.2) is 9.84 Å². The van der Waals surface area contributed by atoms with E-state index in [9.17, 15) is 8.42 Å². The normalized spacial score (nSPS) is 11.4. The van der Waals surface area contributed by atoms with E-state index in [1.165, 1.54) is 12.1 Å². The van der Waals surface area contributed by atoms with Crippen molar-refractivity contribution >= 4 is 27.1 Å². The minimum atomic E-state index is -3.39. The Morgan fingerprint density at radius 1 is 1.28 bits per heavy atom. The number of sulfone groups is 1. The summed E-state index contributed by atoms with van der Waals surface area (Å²) in [4.78, 5) is 4.18. The van der Waals surface area contributed by atoms with Crippen LogP contribution in [0.2, 0.25) is 5.02 Å². The molecule has 0 aliphatic rings.